The van der Waals surface area contributed by atoms with Gasteiger partial charge in [-0.15, -0.1) is 11.3 Å². The molecule has 2 fully saturated rings. The Labute approximate surface area is 145 Å². The monoisotopic (exact) mass is 337 g/mol. The highest BCUT2D eigenvalue weighted by Crippen LogP contribution is 2.45. The molecule has 1 unspecified atom stereocenters. The molecule has 0 aliphatic heterocycles. The summed E-state index contributed by atoms with van der Waals surface area (Å²) in [6, 6.07) is 8.01. The molecule has 3 nitrogen and oxygen atoms in total. The van der Waals surface area contributed by atoms with Gasteiger partial charge in [-0.05, 0) is 31.7 Å². The van der Waals surface area contributed by atoms with Crippen molar-refractivity contribution in [3.05, 3.63) is 47.0 Å². The summed E-state index contributed by atoms with van der Waals surface area (Å²) in [4.78, 5) is 31.1. The molecule has 1 heterocycles. The molecule has 2 aliphatic rings. The van der Waals surface area contributed by atoms with Crippen molar-refractivity contribution < 1.29 is 9.59 Å². The van der Waals surface area contributed by atoms with Crippen LogP contribution in [-0.2, 0) is 9.59 Å². The van der Waals surface area contributed by atoms with Crippen LogP contribution in [0.5, 0.6) is 0 Å². The Kier molecular flexibility index (Phi) is 3.72. The van der Waals surface area contributed by atoms with Crippen molar-refractivity contribution in [2.45, 2.75) is 32.1 Å². The number of carbonyl (C=O) groups excluding carboxylic acids is 2. The second-order valence-electron chi connectivity index (χ2n) is 6.73. The van der Waals surface area contributed by atoms with Crippen LogP contribution in [0, 0.1) is 18.8 Å². The van der Waals surface area contributed by atoms with Gasteiger partial charge in [0, 0.05) is 22.3 Å². The Balaban J connectivity index is 1.71. The normalized spacial score (nSPS) is 26.0. The molecule has 0 radical (unpaired) electrons. The third-order valence-electron chi connectivity index (χ3n) is 5.31. The summed E-state index contributed by atoms with van der Waals surface area (Å²) in [5, 5.41) is 0.872. The van der Waals surface area contributed by atoms with Gasteiger partial charge in [0.15, 0.2) is 11.6 Å². The molecule has 2 aliphatic carbocycles. The van der Waals surface area contributed by atoms with Gasteiger partial charge >= 0.3 is 0 Å². The number of aryl methyl sites for hydroxylation is 1. The fourth-order valence-electron chi connectivity index (χ4n) is 3.94. The predicted molar refractivity (Wildman–Crippen MR) is 96.0 cm³/mol. The van der Waals surface area contributed by atoms with Crippen LogP contribution in [0.15, 0.2) is 30.8 Å². The minimum atomic E-state index is -0.631. The van der Waals surface area contributed by atoms with Crippen LogP contribution >= 0.6 is 11.3 Å². The maximum Gasteiger partial charge on any atom is 0.152 e. The maximum absolute atomic E-state index is 12.7. The van der Waals surface area contributed by atoms with Crippen LogP contribution in [0.4, 0.5) is 0 Å². The van der Waals surface area contributed by atoms with E-state index < -0.39 is 5.92 Å². The molecule has 0 N–H and O–H groups in total. The average Bonchev–Trinajstić information content (AvgIpc) is 3.20. The van der Waals surface area contributed by atoms with Crippen molar-refractivity contribution in [3.8, 4) is 10.6 Å². The van der Waals surface area contributed by atoms with Crippen molar-refractivity contribution >= 4 is 29.0 Å². The number of aromatic nitrogens is 1. The molecule has 0 spiro atoms. The Morgan fingerprint density at radius 3 is 2.33 bits per heavy atom. The van der Waals surface area contributed by atoms with Crippen molar-refractivity contribution in [1.82, 2.24) is 4.98 Å². The number of rotatable bonds is 3. The standard InChI is InChI=1S/C20H19NO2S/c1-3-12-4-6-13(7-5-12)20-21-17(11(2)24-20)16-18(22)14-8-9-15(10-14)19(16)23/h3-7,14-16H,1,8-10H2,2H3/t14-,15+,16?. The lowest BCUT2D eigenvalue weighted by molar-refractivity contribution is -0.136. The molecule has 24 heavy (non-hydrogen) atoms. The Bertz CT molecular complexity index is 812. The van der Waals surface area contributed by atoms with Crippen LogP contribution in [0.2, 0.25) is 0 Å². The highest BCUT2D eigenvalue weighted by atomic mass is 32.1. The number of hydrogen-bond donors (Lipinski definition) is 0. The van der Waals surface area contributed by atoms with E-state index in [2.05, 4.69) is 6.58 Å². The molecule has 122 valence electrons. The second-order valence-corrected chi connectivity index (χ2v) is 7.93. The smallest absolute Gasteiger partial charge is 0.152 e. The molecule has 2 aromatic rings. The molecule has 3 atom stereocenters. The van der Waals surface area contributed by atoms with E-state index in [1.165, 1.54) is 0 Å². The summed E-state index contributed by atoms with van der Waals surface area (Å²) >= 11 is 1.56. The highest BCUT2D eigenvalue weighted by molar-refractivity contribution is 7.15. The number of nitrogens with zero attached hydrogens (tertiary/aromatic N) is 1. The summed E-state index contributed by atoms with van der Waals surface area (Å²) in [5.41, 5.74) is 2.76. The summed E-state index contributed by atoms with van der Waals surface area (Å²) in [5.74, 6) is -0.316. The van der Waals surface area contributed by atoms with Gasteiger partial charge < -0.3 is 0 Å². The van der Waals surface area contributed by atoms with Gasteiger partial charge in [0.2, 0.25) is 0 Å². The number of thiazole rings is 1. The maximum atomic E-state index is 12.7. The molecule has 4 rings (SSSR count). The van der Waals surface area contributed by atoms with Gasteiger partial charge in [0.25, 0.3) is 0 Å². The minimum Gasteiger partial charge on any atom is -0.298 e. The summed E-state index contributed by atoms with van der Waals surface area (Å²) in [6.45, 7) is 5.73. The number of benzene rings is 1. The first-order valence-corrected chi connectivity index (χ1v) is 9.17. The third kappa shape index (κ3) is 2.37. The first kappa shape index (κ1) is 15.5. The summed E-state index contributed by atoms with van der Waals surface area (Å²) in [7, 11) is 0. The zero-order valence-electron chi connectivity index (χ0n) is 13.6. The Morgan fingerprint density at radius 2 is 1.75 bits per heavy atom. The molecule has 2 bridgehead atoms. The SMILES string of the molecule is C=Cc1ccc(-c2nc(C3C(=O)[C@@H]4CC[C@@H](C4)C3=O)c(C)s2)cc1. The van der Waals surface area contributed by atoms with Crippen LogP contribution in [-0.4, -0.2) is 16.6 Å². The summed E-state index contributed by atoms with van der Waals surface area (Å²) < 4.78 is 0. The molecule has 2 saturated carbocycles. The van der Waals surface area contributed by atoms with Gasteiger partial charge in [-0.3, -0.25) is 9.59 Å². The number of ketones is 2. The molecule has 4 heteroatoms. The van der Waals surface area contributed by atoms with Gasteiger partial charge in [0.1, 0.15) is 10.9 Å². The molecule has 1 aromatic heterocycles. The van der Waals surface area contributed by atoms with Crippen LogP contribution in [0.3, 0.4) is 0 Å². The van der Waals surface area contributed by atoms with Crippen molar-refractivity contribution in [2.75, 3.05) is 0 Å². The highest BCUT2D eigenvalue weighted by Gasteiger charge is 2.48. The van der Waals surface area contributed by atoms with E-state index in [1.54, 1.807) is 17.4 Å². The number of carbonyl (C=O) groups is 2. The average molecular weight is 337 g/mol. The van der Waals surface area contributed by atoms with E-state index in [-0.39, 0.29) is 23.4 Å². The number of fused-ring (bicyclic) bond motifs is 2. The first-order valence-electron chi connectivity index (χ1n) is 8.36. The van der Waals surface area contributed by atoms with Gasteiger partial charge in [-0.2, -0.15) is 0 Å². The zero-order valence-corrected chi connectivity index (χ0v) is 14.4. The zero-order chi connectivity index (χ0) is 16.8. The second kappa shape index (κ2) is 5.78. The Morgan fingerprint density at radius 1 is 1.12 bits per heavy atom. The lowest BCUT2D eigenvalue weighted by atomic mass is 9.77. The van der Waals surface area contributed by atoms with E-state index in [1.807, 2.05) is 31.2 Å². The molecule has 0 amide bonds. The Hall–Kier alpha value is -2.07. The van der Waals surface area contributed by atoms with Gasteiger partial charge in [0.05, 0.1) is 5.69 Å². The minimum absolute atomic E-state index is 0.0640. The molecular formula is C20H19NO2S. The van der Waals surface area contributed by atoms with Crippen LogP contribution in [0.1, 0.15) is 41.3 Å². The first-order chi connectivity index (χ1) is 11.6. The number of hydrogen-bond acceptors (Lipinski definition) is 4. The van der Waals surface area contributed by atoms with E-state index in [4.69, 9.17) is 4.98 Å². The van der Waals surface area contributed by atoms with E-state index in [9.17, 15) is 9.59 Å². The topological polar surface area (TPSA) is 47.0 Å². The quantitative estimate of drug-likeness (QED) is 0.779. The number of Topliss-reactive ketones (excluding diaryl/α,β-unsaturated/α-hetero) is 2. The fraction of sp³-hybridized carbons (Fsp3) is 0.350. The predicted octanol–water partition coefficient (Wildman–Crippen LogP) is 4.41. The van der Waals surface area contributed by atoms with Gasteiger partial charge in [-0.1, -0.05) is 36.9 Å². The molecular weight excluding hydrogens is 318 g/mol. The lowest BCUT2D eigenvalue weighted by Crippen LogP contribution is -2.35. The van der Waals surface area contributed by atoms with E-state index in [0.717, 1.165) is 40.3 Å². The van der Waals surface area contributed by atoms with Crippen LogP contribution < -0.4 is 0 Å². The van der Waals surface area contributed by atoms with Crippen molar-refractivity contribution in [1.29, 1.82) is 0 Å². The van der Waals surface area contributed by atoms with Gasteiger partial charge in [-0.25, -0.2) is 4.98 Å². The molecule has 1 aromatic carbocycles. The lowest BCUT2D eigenvalue weighted by Gasteiger charge is -2.24. The van der Waals surface area contributed by atoms with E-state index in [0.29, 0.717) is 5.69 Å². The van der Waals surface area contributed by atoms with Crippen molar-refractivity contribution in [3.63, 3.8) is 0 Å². The third-order valence-corrected chi connectivity index (χ3v) is 6.34. The van der Waals surface area contributed by atoms with Crippen molar-refractivity contribution in [2.24, 2.45) is 11.8 Å². The summed E-state index contributed by atoms with van der Waals surface area (Å²) in [6.07, 6.45) is 4.29. The largest absolute Gasteiger partial charge is 0.298 e. The molecule has 0 saturated heterocycles. The fourth-order valence-corrected chi connectivity index (χ4v) is 4.90. The van der Waals surface area contributed by atoms with Crippen LogP contribution in [0.25, 0.3) is 16.6 Å². The van der Waals surface area contributed by atoms with E-state index >= 15 is 0 Å².